The zero-order valence-electron chi connectivity index (χ0n) is 14.1. The molecule has 126 valence electrons. The summed E-state index contributed by atoms with van der Waals surface area (Å²) in [6.45, 7) is 4.84. The maximum Gasteiger partial charge on any atom is 0.138 e. The average molecular weight is 337 g/mol. The molecule has 0 bridgehead atoms. The first-order valence-electron chi connectivity index (χ1n) is 8.08. The van der Waals surface area contributed by atoms with Gasteiger partial charge in [0.2, 0.25) is 0 Å². The average Bonchev–Trinajstić information content (AvgIpc) is 2.86. The van der Waals surface area contributed by atoms with Gasteiger partial charge in [-0.2, -0.15) is 5.10 Å². The van der Waals surface area contributed by atoms with Crippen LogP contribution >= 0.6 is 11.6 Å². The predicted molar refractivity (Wildman–Crippen MR) is 93.7 cm³/mol. The Morgan fingerprint density at radius 3 is 2.57 bits per heavy atom. The summed E-state index contributed by atoms with van der Waals surface area (Å²) in [7, 11) is 1.62. The molecule has 0 aliphatic carbocycles. The molecule has 0 fully saturated rings. The minimum atomic E-state index is 0.593. The van der Waals surface area contributed by atoms with E-state index >= 15 is 0 Å². The van der Waals surface area contributed by atoms with Gasteiger partial charge in [0, 0.05) is 11.8 Å². The summed E-state index contributed by atoms with van der Waals surface area (Å²) in [5.74, 6) is 1.46. The lowest BCUT2D eigenvalue weighted by atomic mass is 10.0. The number of hydrogen-bond donors (Lipinski definition) is 1. The van der Waals surface area contributed by atoms with Crippen molar-refractivity contribution in [1.82, 2.24) is 10.2 Å². The SMILES string of the molecule is COc1ccc(OCCCCCCc2c(C)n[nH]c2C)c(Cl)c1. The maximum absolute atomic E-state index is 6.14. The molecule has 0 aliphatic rings. The molecule has 1 aromatic heterocycles. The zero-order valence-corrected chi connectivity index (χ0v) is 14.9. The number of aryl methyl sites for hydroxylation is 2. The Balaban J connectivity index is 1.61. The maximum atomic E-state index is 6.14. The van der Waals surface area contributed by atoms with Crippen molar-refractivity contribution in [3.05, 3.63) is 40.2 Å². The quantitative estimate of drug-likeness (QED) is 0.664. The fourth-order valence-corrected chi connectivity index (χ4v) is 2.83. The van der Waals surface area contributed by atoms with E-state index < -0.39 is 0 Å². The third-order valence-corrected chi connectivity index (χ3v) is 4.29. The van der Waals surface area contributed by atoms with Gasteiger partial charge in [-0.1, -0.05) is 24.4 Å². The first-order valence-corrected chi connectivity index (χ1v) is 8.46. The number of methoxy groups -OCH3 is 1. The number of nitrogens with zero attached hydrogens (tertiary/aromatic N) is 1. The number of aromatic nitrogens is 2. The fourth-order valence-electron chi connectivity index (χ4n) is 2.61. The molecule has 0 amide bonds. The molecule has 0 aliphatic heterocycles. The van der Waals surface area contributed by atoms with Gasteiger partial charge in [0.25, 0.3) is 0 Å². The summed E-state index contributed by atoms with van der Waals surface area (Å²) < 4.78 is 10.8. The van der Waals surface area contributed by atoms with Crippen LogP contribution in [-0.4, -0.2) is 23.9 Å². The summed E-state index contributed by atoms with van der Waals surface area (Å²) in [5, 5.41) is 7.86. The second-order valence-corrected chi connectivity index (χ2v) is 6.13. The Labute approximate surface area is 143 Å². The molecule has 0 radical (unpaired) electrons. The van der Waals surface area contributed by atoms with Crippen molar-refractivity contribution in [2.75, 3.05) is 13.7 Å². The lowest BCUT2D eigenvalue weighted by Gasteiger charge is -2.09. The lowest BCUT2D eigenvalue weighted by molar-refractivity contribution is 0.304. The topological polar surface area (TPSA) is 47.1 Å². The van der Waals surface area contributed by atoms with Crippen LogP contribution in [0.5, 0.6) is 11.5 Å². The van der Waals surface area contributed by atoms with Crippen molar-refractivity contribution in [1.29, 1.82) is 0 Å². The van der Waals surface area contributed by atoms with Crippen molar-refractivity contribution in [3.63, 3.8) is 0 Å². The number of benzene rings is 1. The van der Waals surface area contributed by atoms with E-state index in [0.29, 0.717) is 11.6 Å². The van der Waals surface area contributed by atoms with Crippen molar-refractivity contribution in [3.8, 4) is 11.5 Å². The Bertz CT molecular complexity index is 606. The Hall–Kier alpha value is -1.68. The minimum Gasteiger partial charge on any atom is -0.497 e. The van der Waals surface area contributed by atoms with Crippen LogP contribution in [0, 0.1) is 13.8 Å². The van der Waals surface area contributed by atoms with Crippen LogP contribution in [0.4, 0.5) is 0 Å². The number of H-pyrrole nitrogens is 1. The normalized spacial score (nSPS) is 10.8. The van der Waals surface area contributed by atoms with Gasteiger partial charge in [0.05, 0.1) is 24.4 Å². The molecule has 0 saturated heterocycles. The van der Waals surface area contributed by atoms with Gasteiger partial charge in [0.15, 0.2) is 0 Å². The van der Waals surface area contributed by atoms with Crippen LogP contribution in [0.25, 0.3) is 0 Å². The Morgan fingerprint density at radius 1 is 1.13 bits per heavy atom. The first kappa shape index (κ1) is 17.7. The number of rotatable bonds is 9. The van der Waals surface area contributed by atoms with E-state index in [0.717, 1.165) is 36.5 Å². The van der Waals surface area contributed by atoms with Gasteiger partial charge in [-0.15, -0.1) is 0 Å². The summed E-state index contributed by atoms with van der Waals surface area (Å²) in [6.07, 6.45) is 5.67. The molecule has 5 heteroatoms. The van der Waals surface area contributed by atoms with Crippen LogP contribution in [0.1, 0.15) is 42.6 Å². The smallest absolute Gasteiger partial charge is 0.138 e. The molecule has 0 atom stereocenters. The summed E-state index contributed by atoms with van der Waals surface area (Å²) in [5.41, 5.74) is 3.69. The molecule has 1 aromatic carbocycles. The molecule has 0 saturated carbocycles. The number of hydrogen-bond acceptors (Lipinski definition) is 3. The highest BCUT2D eigenvalue weighted by atomic mass is 35.5. The number of unbranched alkanes of at least 4 members (excludes halogenated alkanes) is 3. The number of ether oxygens (including phenoxy) is 2. The van der Waals surface area contributed by atoms with Crippen molar-refractivity contribution >= 4 is 11.6 Å². The van der Waals surface area contributed by atoms with Crippen LogP contribution in [0.15, 0.2) is 18.2 Å². The number of nitrogens with one attached hydrogen (secondary N) is 1. The first-order chi connectivity index (χ1) is 11.1. The van der Waals surface area contributed by atoms with Gasteiger partial charge in [0.1, 0.15) is 11.5 Å². The van der Waals surface area contributed by atoms with Crippen LogP contribution in [-0.2, 0) is 6.42 Å². The molecule has 2 aromatic rings. The molecule has 2 rings (SSSR count). The standard InChI is InChI=1S/C18H25ClN2O2/c1-13-16(14(2)21-20-13)8-6-4-5-7-11-23-18-10-9-15(22-3)12-17(18)19/h9-10,12H,4-8,11H2,1-3H3,(H,20,21). The molecule has 4 nitrogen and oxygen atoms in total. The van der Waals surface area contributed by atoms with Crippen molar-refractivity contribution in [2.24, 2.45) is 0 Å². The molecule has 1 N–H and O–H groups in total. The van der Waals surface area contributed by atoms with Gasteiger partial charge < -0.3 is 9.47 Å². The molecule has 0 spiro atoms. The van der Waals surface area contributed by atoms with Gasteiger partial charge >= 0.3 is 0 Å². The summed E-state index contributed by atoms with van der Waals surface area (Å²) >= 11 is 6.14. The number of halogens is 1. The highest BCUT2D eigenvalue weighted by molar-refractivity contribution is 6.32. The van der Waals surface area contributed by atoms with Crippen molar-refractivity contribution in [2.45, 2.75) is 46.0 Å². The van der Waals surface area contributed by atoms with Crippen LogP contribution < -0.4 is 9.47 Å². The summed E-state index contributed by atoms with van der Waals surface area (Å²) in [6, 6.07) is 5.48. The number of aromatic amines is 1. The minimum absolute atomic E-state index is 0.593. The van der Waals surface area contributed by atoms with Crippen molar-refractivity contribution < 1.29 is 9.47 Å². The fraction of sp³-hybridized carbons (Fsp3) is 0.500. The van der Waals surface area contributed by atoms with E-state index in [2.05, 4.69) is 24.0 Å². The summed E-state index contributed by atoms with van der Waals surface area (Å²) in [4.78, 5) is 0. The molecular weight excluding hydrogens is 312 g/mol. The Morgan fingerprint density at radius 2 is 1.91 bits per heavy atom. The monoisotopic (exact) mass is 336 g/mol. The van der Waals surface area contributed by atoms with Gasteiger partial charge in [-0.05, 0) is 50.8 Å². The third-order valence-electron chi connectivity index (χ3n) is 4.00. The molecule has 1 heterocycles. The van der Waals surface area contributed by atoms with Gasteiger partial charge in [-0.25, -0.2) is 0 Å². The van der Waals surface area contributed by atoms with Gasteiger partial charge in [-0.3, -0.25) is 5.10 Å². The van der Waals surface area contributed by atoms with E-state index in [1.165, 1.54) is 24.1 Å². The molecule has 0 unspecified atom stereocenters. The second-order valence-electron chi connectivity index (χ2n) is 5.72. The predicted octanol–water partition coefficient (Wildman–Crippen LogP) is 4.87. The van der Waals surface area contributed by atoms with Crippen LogP contribution in [0.2, 0.25) is 5.02 Å². The largest absolute Gasteiger partial charge is 0.497 e. The van der Waals surface area contributed by atoms with Crippen LogP contribution in [0.3, 0.4) is 0 Å². The second kappa shape index (κ2) is 8.82. The molecule has 23 heavy (non-hydrogen) atoms. The van der Waals surface area contributed by atoms with E-state index in [1.807, 2.05) is 12.1 Å². The Kier molecular flexibility index (Phi) is 6.78. The highest BCUT2D eigenvalue weighted by Crippen LogP contribution is 2.28. The lowest BCUT2D eigenvalue weighted by Crippen LogP contribution is -1.98. The van der Waals surface area contributed by atoms with E-state index in [1.54, 1.807) is 13.2 Å². The van der Waals surface area contributed by atoms with E-state index in [9.17, 15) is 0 Å². The van der Waals surface area contributed by atoms with E-state index in [-0.39, 0.29) is 0 Å². The zero-order chi connectivity index (χ0) is 16.7. The third kappa shape index (κ3) is 5.17. The van der Waals surface area contributed by atoms with E-state index in [4.69, 9.17) is 21.1 Å². The molecular formula is C18H25ClN2O2. The highest BCUT2D eigenvalue weighted by Gasteiger charge is 2.06.